The van der Waals surface area contributed by atoms with Crippen molar-refractivity contribution in [1.82, 2.24) is 15.6 Å². The van der Waals surface area contributed by atoms with Crippen molar-refractivity contribution in [1.29, 1.82) is 0 Å². The summed E-state index contributed by atoms with van der Waals surface area (Å²) >= 11 is 1.55. The van der Waals surface area contributed by atoms with Crippen LogP contribution in [0.2, 0.25) is 0 Å². The van der Waals surface area contributed by atoms with Gasteiger partial charge in [-0.3, -0.25) is 4.79 Å². The van der Waals surface area contributed by atoms with E-state index in [1.807, 2.05) is 5.38 Å². The number of nitrogens with one attached hydrogen (secondary N) is 2. The lowest BCUT2D eigenvalue weighted by molar-refractivity contribution is -0.122. The number of thiazole rings is 1. The van der Waals surface area contributed by atoms with E-state index in [1.54, 1.807) is 17.5 Å². The molecule has 0 bridgehead atoms. The molecule has 1 amide bonds. The number of benzene rings is 1. The van der Waals surface area contributed by atoms with Gasteiger partial charge in [0.05, 0.1) is 5.01 Å². The van der Waals surface area contributed by atoms with Crippen molar-refractivity contribution in [3.8, 4) is 0 Å². The highest BCUT2D eigenvalue weighted by molar-refractivity contribution is 7.09. The normalized spacial score (nSPS) is 26.3. The number of hydrogen-bond acceptors (Lipinski definition) is 5. The SMILES string of the molecule is O=C1NC(O)NC(C2CCC(c3ccccc3)CC2)=C1Cc1nccs1. The van der Waals surface area contributed by atoms with Crippen LogP contribution in [0.4, 0.5) is 0 Å². The van der Waals surface area contributed by atoms with Crippen LogP contribution >= 0.6 is 11.3 Å². The van der Waals surface area contributed by atoms with Crippen LogP contribution in [0.15, 0.2) is 53.2 Å². The molecule has 1 aliphatic heterocycles. The molecule has 3 N–H and O–H groups in total. The molecular formula is C20H23N3O2S. The Hall–Kier alpha value is -2.18. The molecule has 1 fully saturated rings. The number of carbonyl (C=O) groups is 1. The van der Waals surface area contributed by atoms with Crippen molar-refractivity contribution < 1.29 is 9.90 Å². The quantitative estimate of drug-likeness (QED) is 0.775. The molecule has 1 unspecified atom stereocenters. The molecule has 1 aromatic carbocycles. The summed E-state index contributed by atoms with van der Waals surface area (Å²) in [7, 11) is 0. The summed E-state index contributed by atoms with van der Waals surface area (Å²) in [5.41, 5.74) is 3.02. The van der Waals surface area contributed by atoms with Crippen LogP contribution in [0.1, 0.15) is 42.2 Å². The second-order valence-electron chi connectivity index (χ2n) is 6.97. The summed E-state index contributed by atoms with van der Waals surface area (Å²) in [5.74, 6) is 0.676. The van der Waals surface area contributed by atoms with Crippen LogP contribution < -0.4 is 10.6 Å². The zero-order valence-electron chi connectivity index (χ0n) is 14.5. The molecule has 4 rings (SSSR count). The van der Waals surface area contributed by atoms with E-state index in [0.717, 1.165) is 36.4 Å². The van der Waals surface area contributed by atoms with Crippen LogP contribution in [-0.2, 0) is 11.2 Å². The average Bonchev–Trinajstić information content (AvgIpc) is 3.18. The maximum atomic E-state index is 12.5. The highest BCUT2D eigenvalue weighted by Crippen LogP contribution is 2.39. The van der Waals surface area contributed by atoms with Gasteiger partial charge in [0.25, 0.3) is 5.91 Å². The predicted molar refractivity (Wildman–Crippen MR) is 101 cm³/mol. The summed E-state index contributed by atoms with van der Waals surface area (Å²) in [6, 6.07) is 10.7. The van der Waals surface area contributed by atoms with Gasteiger partial charge in [0.2, 0.25) is 6.35 Å². The van der Waals surface area contributed by atoms with Crippen LogP contribution in [0.25, 0.3) is 0 Å². The standard InChI is InChI=1S/C20H23N3O2S/c24-19-16(12-17-21-10-11-26-17)18(22-20(25)23-19)15-8-6-14(7-9-15)13-4-2-1-3-5-13/h1-5,10-11,14-15,20,22,25H,6-9,12H2,(H,23,24). The summed E-state index contributed by atoms with van der Waals surface area (Å²) in [5, 5.41) is 18.5. The van der Waals surface area contributed by atoms with E-state index < -0.39 is 6.35 Å². The van der Waals surface area contributed by atoms with E-state index in [9.17, 15) is 9.90 Å². The first-order valence-corrected chi connectivity index (χ1v) is 10.0. The number of nitrogens with zero attached hydrogens (tertiary/aromatic N) is 1. The molecule has 1 aliphatic carbocycles. The second-order valence-corrected chi connectivity index (χ2v) is 7.95. The van der Waals surface area contributed by atoms with Gasteiger partial charge in [-0.1, -0.05) is 30.3 Å². The van der Waals surface area contributed by atoms with E-state index in [4.69, 9.17) is 0 Å². The van der Waals surface area contributed by atoms with Gasteiger partial charge in [-0.25, -0.2) is 4.98 Å². The average molecular weight is 369 g/mol. The Bertz CT molecular complexity index is 781. The Morgan fingerprint density at radius 1 is 1.08 bits per heavy atom. The summed E-state index contributed by atoms with van der Waals surface area (Å²) in [4.78, 5) is 16.8. The zero-order chi connectivity index (χ0) is 17.9. The largest absolute Gasteiger partial charge is 0.356 e. The molecule has 1 aromatic heterocycles. The van der Waals surface area contributed by atoms with Gasteiger partial charge >= 0.3 is 0 Å². The van der Waals surface area contributed by atoms with E-state index in [1.165, 1.54) is 5.56 Å². The van der Waals surface area contributed by atoms with Crippen molar-refractivity contribution in [3.63, 3.8) is 0 Å². The van der Waals surface area contributed by atoms with Crippen LogP contribution in [-0.4, -0.2) is 22.3 Å². The number of rotatable bonds is 4. The Morgan fingerprint density at radius 2 is 1.81 bits per heavy atom. The number of aromatic nitrogens is 1. The lowest BCUT2D eigenvalue weighted by atomic mass is 9.76. The molecule has 2 aliphatic rings. The maximum Gasteiger partial charge on any atom is 0.252 e. The van der Waals surface area contributed by atoms with Crippen molar-refractivity contribution >= 4 is 17.2 Å². The predicted octanol–water partition coefficient (Wildman–Crippen LogP) is 2.91. The Labute approximate surface area is 157 Å². The molecule has 1 atom stereocenters. The van der Waals surface area contributed by atoms with E-state index in [0.29, 0.717) is 17.9 Å². The number of carbonyl (C=O) groups excluding carboxylic acids is 1. The molecule has 1 saturated carbocycles. The van der Waals surface area contributed by atoms with Gasteiger partial charge in [-0.2, -0.15) is 0 Å². The van der Waals surface area contributed by atoms with Gasteiger partial charge < -0.3 is 15.7 Å². The van der Waals surface area contributed by atoms with Gasteiger partial charge in [0.1, 0.15) is 0 Å². The lowest BCUT2D eigenvalue weighted by Gasteiger charge is -2.35. The molecule has 136 valence electrons. The van der Waals surface area contributed by atoms with Crippen molar-refractivity contribution in [3.05, 3.63) is 63.7 Å². The zero-order valence-corrected chi connectivity index (χ0v) is 15.3. The molecular weight excluding hydrogens is 346 g/mol. The first-order valence-electron chi connectivity index (χ1n) is 9.12. The van der Waals surface area contributed by atoms with Crippen molar-refractivity contribution in [2.24, 2.45) is 5.92 Å². The number of amides is 1. The third-order valence-electron chi connectivity index (χ3n) is 5.38. The molecule has 2 heterocycles. The number of aliphatic hydroxyl groups excluding tert-OH is 1. The highest BCUT2D eigenvalue weighted by atomic mass is 32.1. The monoisotopic (exact) mass is 369 g/mol. The van der Waals surface area contributed by atoms with E-state index >= 15 is 0 Å². The fourth-order valence-corrected chi connectivity index (χ4v) is 4.70. The number of allylic oxidation sites excluding steroid dienone is 1. The molecule has 0 saturated heterocycles. The molecule has 26 heavy (non-hydrogen) atoms. The second kappa shape index (κ2) is 7.60. The third kappa shape index (κ3) is 3.66. The minimum atomic E-state index is -1.01. The van der Waals surface area contributed by atoms with Gasteiger partial charge in [-0.15, -0.1) is 11.3 Å². The third-order valence-corrected chi connectivity index (χ3v) is 6.16. The highest BCUT2D eigenvalue weighted by Gasteiger charge is 2.32. The fourth-order valence-electron chi connectivity index (χ4n) is 4.08. The minimum absolute atomic E-state index is 0.188. The summed E-state index contributed by atoms with van der Waals surface area (Å²) in [6.07, 6.45) is 5.49. The number of aliphatic hydroxyl groups is 1. The minimum Gasteiger partial charge on any atom is -0.356 e. The fraction of sp³-hybridized carbons (Fsp3) is 0.400. The molecule has 6 heteroatoms. The summed E-state index contributed by atoms with van der Waals surface area (Å²) < 4.78 is 0. The number of hydrogen-bond donors (Lipinski definition) is 3. The van der Waals surface area contributed by atoms with Gasteiger partial charge in [-0.05, 0) is 43.1 Å². The summed E-state index contributed by atoms with van der Waals surface area (Å²) in [6.45, 7) is 0. The topological polar surface area (TPSA) is 74.2 Å². The van der Waals surface area contributed by atoms with E-state index in [-0.39, 0.29) is 11.8 Å². The lowest BCUT2D eigenvalue weighted by Crippen LogP contribution is -2.52. The smallest absolute Gasteiger partial charge is 0.252 e. The molecule has 0 spiro atoms. The van der Waals surface area contributed by atoms with Gasteiger partial charge in [0, 0.05) is 29.3 Å². The van der Waals surface area contributed by atoms with Crippen LogP contribution in [0, 0.1) is 5.92 Å². The van der Waals surface area contributed by atoms with Crippen molar-refractivity contribution in [2.45, 2.75) is 44.4 Å². The van der Waals surface area contributed by atoms with Crippen molar-refractivity contribution in [2.75, 3.05) is 0 Å². The van der Waals surface area contributed by atoms with Crippen LogP contribution in [0.3, 0.4) is 0 Å². The molecule has 2 aromatic rings. The first kappa shape index (κ1) is 17.2. The Morgan fingerprint density at radius 3 is 2.50 bits per heavy atom. The van der Waals surface area contributed by atoms with Crippen LogP contribution in [0.5, 0.6) is 0 Å². The Balaban J connectivity index is 1.53. The first-order chi connectivity index (χ1) is 12.7. The maximum absolute atomic E-state index is 12.5. The molecule has 0 radical (unpaired) electrons. The van der Waals surface area contributed by atoms with E-state index in [2.05, 4.69) is 45.9 Å². The molecule has 5 nitrogen and oxygen atoms in total. The Kier molecular flexibility index (Phi) is 5.04. The van der Waals surface area contributed by atoms with Gasteiger partial charge in [0.15, 0.2) is 0 Å².